The van der Waals surface area contributed by atoms with Gasteiger partial charge in [-0.05, 0) is 0 Å². The number of halogens is 4. The monoisotopic (exact) mass is 239 g/mol. The number of nitrogens with one attached hydrogen (secondary N) is 1. The molecule has 0 atom stereocenters. The van der Waals surface area contributed by atoms with Crippen molar-refractivity contribution in [3.8, 4) is 5.75 Å². The number of rotatable bonds is 3. The van der Waals surface area contributed by atoms with E-state index < -0.39 is 35.5 Å². The van der Waals surface area contributed by atoms with Crippen molar-refractivity contribution >= 4 is 6.29 Å². The quantitative estimate of drug-likeness (QED) is 0.643. The first-order valence-corrected chi connectivity index (χ1v) is 3.90. The minimum absolute atomic E-state index is 0.0308. The van der Waals surface area contributed by atoms with Gasteiger partial charge in [0, 0.05) is 6.20 Å². The van der Waals surface area contributed by atoms with E-state index in [1.54, 1.807) is 0 Å². The van der Waals surface area contributed by atoms with Gasteiger partial charge in [-0.2, -0.15) is 0 Å². The van der Waals surface area contributed by atoms with E-state index in [-0.39, 0.29) is 6.29 Å². The zero-order valence-electron chi connectivity index (χ0n) is 7.60. The number of H-pyrrole nitrogens is 1. The molecule has 0 aliphatic rings. The van der Waals surface area contributed by atoms with Crippen molar-refractivity contribution in [2.75, 3.05) is 0 Å². The number of aromatic nitrogens is 1. The van der Waals surface area contributed by atoms with Gasteiger partial charge in [0.25, 0.3) is 0 Å². The van der Waals surface area contributed by atoms with Crippen LogP contribution in [0.3, 0.4) is 0 Å². The summed E-state index contributed by atoms with van der Waals surface area (Å²) in [5.74, 6) is -1.10. The van der Waals surface area contributed by atoms with E-state index in [9.17, 15) is 27.2 Å². The van der Waals surface area contributed by atoms with Crippen LogP contribution in [0, 0.1) is 0 Å². The molecule has 16 heavy (non-hydrogen) atoms. The SMILES string of the molecule is O=Cc1c(CF)[nH]cc(OC(F)(F)F)c1=O. The average Bonchev–Trinajstić information content (AvgIpc) is 2.19. The highest BCUT2D eigenvalue weighted by Gasteiger charge is 2.32. The highest BCUT2D eigenvalue weighted by Crippen LogP contribution is 2.19. The second kappa shape index (κ2) is 4.33. The van der Waals surface area contributed by atoms with Gasteiger partial charge in [-0.3, -0.25) is 9.59 Å². The average molecular weight is 239 g/mol. The molecule has 0 unspecified atom stereocenters. The molecule has 88 valence electrons. The molecule has 0 aliphatic heterocycles. The lowest BCUT2D eigenvalue weighted by atomic mass is 10.2. The third-order valence-electron chi connectivity index (χ3n) is 1.65. The van der Waals surface area contributed by atoms with E-state index in [0.29, 0.717) is 6.20 Å². The van der Waals surface area contributed by atoms with Crippen molar-refractivity contribution in [1.29, 1.82) is 0 Å². The molecule has 0 spiro atoms. The van der Waals surface area contributed by atoms with E-state index >= 15 is 0 Å². The van der Waals surface area contributed by atoms with Crippen molar-refractivity contribution in [2.45, 2.75) is 13.0 Å². The van der Waals surface area contributed by atoms with Gasteiger partial charge >= 0.3 is 6.36 Å². The fourth-order valence-corrected chi connectivity index (χ4v) is 1.00. The predicted molar refractivity (Wildman–Crippen MR) is 43.9 cm³/mol. The van der Waals surface area contributed by atoms with E-state index in [1.165, 1.54) is 0 Å². The summed E-state index contributed by atoms with van der Waals surface area (Å²) in [6.07, 6.45) is -4.53. The summed E-state index contributed by atoms with van der Waals surface area (Å²) in [4.78, 5) is 23.7. The maximum atomic E-state index is 12.2. The molecule has 4 nitrogen and oxygen atoms in total. The highest BCUT2D eigenvalue weighted by atomic mass is 19.4. The standard InChI is InChI=1S/C8H5F4NO3/c9-1-5-4(3-14)7(15)6(2-13-5)16-8(10,11)12/h2-3H,1H2,(H,13,15). The molecule has 1 aromatic heterocycles. The molecule has 0 fully saturated rings. The lowest BCUT2D eigenvalue weighted by molar-refractivity contribution is -0.275. The van der Waals surface area contributed by atoms with Crippen LogP contribution in [0.5, 0.6) is 5.75 Å². The largest absolute Gasteiger partial charge is 0.573 e. The van der Waals surface area contributed by atoms with Gasteiger partial charge in [-0.1, -0.05) is 0 Å². The van der Waals surface area contributed by atoms with Crippen molar-refractivity contribution in [2.24, 2.45) is 0 Å². The Morgan fingerprint density at radius 3 is 2.50 bits per heavy atom. The molecule has 0 aromatic carbocycles. The number of ether oxygens (including phenoxy) is 1. The van der Waals surface area contributed by atoms with Crippen molar-refractivity contribution < 1.29 is 27.1 Å². The summed E-state index contributed by atoms with van der Waals surface area (Å²) in [7, 11) is 0. The normalized spacial score (nSPS) is 11.2. The second-order valence-electron chi connectivity index (χ2n) is 2.67. The molecular weight excluding hydrogens is 234 g/mol. The first-order valence-electron chi connectivity index (χ1n) is 3.90. The topological polar surface area (TPSA) is 59.2 Å². The number of hydrogen-bond donors (Lipinski definition) is 1. The fourth-order valence-electron chi connectivity index (χ4n) is 1.00. The maximum Gasteiger partial charge on any atom is 0.573 e. The Hall–Kier alpha value is -1.86. The van der Waals surface area contributed by atoms with Crippen molar-refractivity contribution in [3.63, 3.8) is 0 Å². The van der Waals surface area contributed by atoms with Crippen molar-refractivity contribution in [3.05, 3.63) is 27.7 Å². The second-order valence-corrected chi connectivity index (χ2v) is 2.67. The lowest BCUT2D eigenvalue weighted by Crippen LogP contribution is -2.24. The molecule has 1 N–H and O–H groups in total. The van der Waals surface area contributed by atoms with E-state index in [2.05, 4.69) is 4.74 Å². The first-order chi connectivity index (χ1) is 7.39. The van der Waals surface area contributed by atoms with Gasteiger partial charge in [-0.25, -0.2) is 4.39 Å². The number of alkyl halides is 4. The number of aldehydes is 1. The number of carbonyl (C=O) groups excluding carboxylic acids is 1. The minimum Gasteiger partial charge on any atom is -0.400 e. The van der Waals surface area contributed by atoms with E-state index in [0.717, 1.165) is 0 Å². The Kier molecular flexibility index (Phi) is 3.31. The Morgan fingerprint density at radius 2 is 2.06 bits per heavy atom. The van der Waals surface area contributed by atoms with Gasteiger partial charge in [-0.15, -0.1) is 13.2 Å². The minimum atomic E-state index is -5.05. The molecule has 1 heterocycles. The molecular formula is C8H5F4NO3. The molecule has 0 radical (unpaired) electrons. The van der Waals surface area contributed by atoms with Gasteiger partial charge in [0.05, 0.1) is 11.3 Å². The van der Waals surface area contributed by atoms with Crippen LogP contribution in [0.4, 0.5) is 17.6 Å². The van der Waals surface area contributed by atoms with E-state index in [1.807, 2.05) is 4.98 Å². The van der Waals surface area contributed by atoms with Crippen LogP contribution >= 0.6 is 0 Å². The van der Waals surface area contributed by atoms with Crippen LogP contribution in [0.15, 0.2) is 11.0 Å². The lowest BCUT2D eigenvalue weighted by Gasteiger charge is -2.09. The van der Waals surface area contributed by atoms with Gasteiger partial charge < -0.3 is 9.72 Å². The zero-order chi connectivity index (χ0) is 12.3. The summed E-state index contributed by atoms with van der Waals surface area (Å²) in [5.41, 5.74) is -2.42. The number of hydrogen-bond acceptors (Lipinski definition) is 3. The Labute approximate surface area is 85.8 Å². The molecule has 8 heteroatoms. The Bertz CT molecular complexity index is 452. The summed E-state index contributed by atoms with van der Waals surface area (Å²) >= 11 is 0. The molecule has 0 aliphatic carbocycles. The fraction of sp³-hybridized carbons (Fsp3) is 0.250. The number of carbonyl (C=O) groups is 1. The van der Waals surface area contributed by atoms with Crippen LogP contribution in [0.2, 0.25) is 0 Å². The van der Waals surface area contributed by atoms with Crippen LogP contribution in [0.25, 0.3) is 0 Å². The Morgan fingerprint density at radius 1 is 1.44 bits per heavy atom. The first kappa shape index (κ1) is 12.2. The van der Waals surface area contributed by atoms with E-state index in [4.69, 9.17) is 0 Å². The molecule has 0 bridgehead atoms. The summed E-state index contributed by atoms with van der Waals surface area (Å²) in [5, 5.41) is 0. The third-order valence-corrected chi connectivity index (χ3v) is 1.65. The number of aromatic amines is 1. The molecule has 1 rings (SSSR count). The Balaban J connectivity index is 3.25. The summed E-state index contributed by atoms with van der Waals surface area (Å²) in [6, 6.07) is 0. The van der Waals surface area contributed by atoms with Crippen LogP contribution in [0.1, 0.15) is 16.1 Å². The van der Waals surface area contributed by atoms with Crippen molar-refractivity contribution in [1.82, 2.24) is 4.98 Å². The van der Waals surface area contributed by atoms with Crippen LogP contribution in [-0.4, -0.2) is 17.6 Å². The van der Waals surface area contributed by atoms with Crippen LogP contribution < -0.4 is 10.2 Å². The number of pyridine rings is 1. The smallest absolute Gasteiger partial charge is 0.400 e. The third kappa shape index (κ3) is 2.59. The summed E-state index contributed by atoms with van der Waals surface area (Å²) < 4.78 is 51.0. The predicted octanol–water partition coefficient (Wildman–Crippen LogP) is 1.56. The molecule has 1 aromatic rings. The van der Waals surface area contributed by atoms with Gasteiger partial charge in [0.15, 0.2) is 12.0 Å². The van der Waals surface area contributed by atoms with Crippen LogP contribution in [-0.2, 0) is 6.67 Å². The maximum absolute atomic E-state index is 12.2. The summed E-state index contributed by atoms with van der Waals surface area (Å²) in [6.45, 7) is -1.17. The van der Waals surface area contributed by atoms with Gasteiger partial charge in [0.1, 0.15) is 6.67 Å². The molecule has 0 amide bonds. The zero-order valence-corrected chi connectivity index (χ0v) is 7.60. The molecule has 0 saturated heterocycles. The molecule has 0 saturated carbocycles. The highest BCUT2D eigenvalue weighted by molar-refractivity contribution is 5.76. The van der Waals surface area contributed by atoms with Gasteiger partial charge in [0.2, 0.25) is 5.43 Å².